The molecule has 0 spiro atoms. The lowest BCUT2D eigenvalue weighted by atomic mass is 10.0. The Morgan fingerprint density at radius 1 is 0.686 bits per heavy atom. The predicted molar refractivity (Wildman–Crippen MR) is 140 cm³/mol. The predicted octanol–water partition coefficient (Wildman–Crippen LogP) is 5.97. The number of halogens is 1. The molecule has 0 heterocycles. The first-order valence-corrected chi connectivity index (χ1v) is 11.9. The summed E-state index contributed by atoms with van der Waals surface area (Å²) in [4.78, 5) is 29.0. The van der Waals surface area contributed by atoms with E-state index in [1.165, 1.54) is 0 Å². The van der Waals surface area contributed by atoms with Crippen molar-refractivity contribution in [2.24, 2.45) is 0 Å². The Morgan fingerprint density at radius 3 is 1.83 bits per heavy atom. The van der Waals surface area contributed by atoms with Gasteiger partial charge < -0.3 is 10.2 Å². The molecule has 1 atom stereocenters. The van der Waals surface area contributed by atoms with Gasteiger partial charge in [0, 0.05) is 18.1 Å². The Kier molecular flexibility index (Phi) is 8.31. The fourth-order valence-electron chi connectivity index (χ4n) is 3.97. The van der Waals surface area contributed by atoms with Crippen LogP contribution in [0.4, 0.5) is 0 Å². The molecule has 0 saturated carbocycles. The number of hydrogen-bond donors (Lipinski definition) is 1. The van der Waals surface area contributed by atoms with Crippen LogP contribution in [0.2, 0.25) is 5.02 Å². The number of benzene rings is 4. The maximum absolute atomic E-state index is 13.7. The van der Waals surface area contributed by atoms with Gasteiger partial charge in [0.25, 0.3) is 0 Å². The molecule has 2 amide bonds. The summed E-state index contributed by atoms with van der Waals surface area (Å²) >= 11 is 6.08. The monoisotopic (exact) mass is 482 g/mol. The van der Waals surface area contributed by atoms with Crippen LogP contribution in [0, 0.1) is 0 Å². The fraction of sp³-hybridized carbons (Fsp3) is 0.133. The third kappa shape index (κ3) is 6.81. The lowest BCUT2D eigenvalue weighted by Crippen LogP contribution is -2.43. The Hall–Kier alpha value is -3.89. The van der Waals surface area contributed by atoms with E-state index in [0.717, 1.165) is 22.3 Å². The molecule has 0 aromatic heterocycles. The van der Waals surface area contributed by atoms with E-state index < -0.39 is 6.04 Å². The highest BCUT2D eigenvalue weighted by Gasteiger charge is 2.31. The van der Waals surface area contributed by atoms with Crippen molar-refractivity contribution in [3.8, 4) is 0 Å². The SMILES string of the molecule is O=C(NCc1ccccc1)[C@@H](c1ccccc1)N(Cc1ccc(Cl)cc1)C(=O)Cc1ccccc1. The van der Waals surface area contributed by atoms with Crippen LogP contribution in [0.5, 0.6) is 0 Å². The zero-order valence-electron chi connectivity index (χ0n) is 19.3. The van der Waals surface area contributed by atoms with E-state index in [1.54, 1.807) is 17.0 Å². The second-order valence-corrected chi connectivity index (χ2v) is 8.76. The summed E-state index contributed by atoms with van der Waals surface area (Å²) < 4.78 is 0. The molecule has 35 heavy (non-hydrogen) atoms. The van der Waals surface area contributed by atoms with Gasteiger partial charge >= 0.3 is 0 Å². The molecule has 0 aliphatic heterocycles. The topological polar surface area (TPSA) is 49.4 Å². The van der Waals surface area contributed by atoms with Crippen molar-refractivity contribution >= 4 is 23.4 Å². The second kappa shape index (κ2) is 12.0. The van der Waals surface area contributed by atoms with Crippen molar-refractivity contribution in [1.82, 2.24) is 10.2 Å². The normalized spacial score (nSPS) is 11.5. The molecule has 4 aromatic carbocycles. The highest BCUT2D eigenvalue weighted by atomic mass is 35.5. The molecule has 4 rings (SSSR count). The van der Waals surface area contributed by atoms with E-state index in [1.807, 2.05) is 103 Å². The van der Waals surface area contributed by atoms with Gasteiger partial charge in [-0.3, -0.25) is 9.59 Å². The number of amides is 2. The van der Waals surface area contributed by atoms with Crippen LogP contribution in [0.15, 0.2) is 115 Å². The lowest BCUT2D eigenvalue weighted by Gasteiger charge is -2.32. The van der Waals surface area contributed by atoms with Gasteiger partial charge in [-0.25, -0.2) is 0 Å². The Labute approximate surface area is 211 Å². The summed E-state index contributed by atoms with van der Waals surface area (Å²) in [7, 11) is 0. The van der Waals surface area contributed by atoms with Gasteiger partial charge in [0.15, 0.2) is 0 Å². The van der Waals surface area contributed by atoms with Gasteiger partial charge in [-0.15, -0.1) is 0 Å². The zero-order chi connectivity index (χ0) is 24.5. The molecule has 0 aliphatic carbocycles. The van der Waals surface area contributed by atoms with E-state index in [4.69, 9.17) is 11.6 Å². The summed E-state index contributed by atoms with van der Waals surface area (Å²) in [5, 5.41) is 3.66. The number of hydrogen-bond acceptors (Lipinski definition) is 2. The third-order valence-corrected chi connectivity index (χ3v) is 6.02. The fourth-order valence-corrected chi connectivity index (χ4v) is 4.10. The van der Waals surface area contributed by atoms with Gasteiger partial charge in [0.2, 0.25) is 11.8 Å². The number of carbonyl (C=O) groups excluding carboxylic acids is 2. The molecule has 176 valence electrons. The van der Waals surface area contributed by atoms with Gasteiger partial charge in [0.1, 0.15) is 6.04 Å². The molecule has 1 N–H and O–H groups in total. The summed E-state index contributed by atoms with van der Waals surface area (Å²) in [6, 6.07) is 35.3. The minimum atomic E-state index is -0.785. The molecular weight excluding hydrogens is 456 g/mol. The van der Waals surface area contributed by atoms with E-state index in [9.17, 15) is 9.59 Å². The standard InChI is InChI=1S/C30H27ClN2O2/c31-27-18-16-25(17-19-27)22-33(28(34)20-23-10-4-1-5-11-23)29(26-14-8-3-9-15-26)30(35)32-21-24-12-6-2-7-13-24/h1-19,29H,20-22H2,(H,32,35)/t29-/m1/s1. The molecule has 5 heteroatoms. The van der Waals surface area contributed by atoms with Crippen LogP contribution in [0.1, 0.15) is 28.3 Å². The molecular formula is C30H27ClN2O2. The molecule has 0 radical (unpaired) electrons. The van der Waals surface area contributed by atoms with Crippen LogP contribution >= 0.6 is 11.6 Å². The first-order valence-electron chi connectivity index (χ1n) is 11.5. The molecule has 0 fully saturated rings. The smallest absolute Gasteiger partial charge is 0.247 e. The van der Waals surface area contributed by atoms with Crippen molar-refractivity contribution in [2.45, 2.75) is 25.6 Å². The summed E-state index contributed by atoms with van der Waals surface area (Å²) in [5.41, 5.74) is 3.55. The molecule has 4 nitrogen and oxygen atoms in total. The first-order chi connectivity index (χ1) is 17.1. The Balaban J connectivity index is 1.66. The maximum Gasteiger partial charge on any atom is 0.247 e. The van der Waals surface area contributed by atoms with Crippen LogP contribution in [-0.4, -0.2) is 16.7 Å². The molecule has 4 aromatic rings. The molecule has 0 unspecified atom stereocenters. The average molecular weight is 483 g/mol. The van der Waals surface area contributed by atoms with Crippen molar-refractivity contribution in [2.75, 3.05) is 0 Å². The van der Waals surface area contributed by atoms with Gasteiger partial charge in [-0.05, 0) is 34.4 Å². The van der Waals surface area contributed by atoms with Crippen molar-refractivity contribution in [3.63, 3.8) is 0 Å². The van der Waals surface area contributed by atoms with Gasteiger partial charge in [-0.1, -0.05) is 115 Å². The van der Waals surface area contributed by atoms with Crippen LogP contribution in [0.25, 0.3) is 0 Å². The number of nitrogens with one attached hydrogen (secondary N) is 1. The van der Waals surface area contributed by atoms with Crippen molar-refractivity contribution in [1.29, 1.82) is 0 Å². The molecule has 0 aliphatic rings. The minimum Gasteiger partial charge on any atom is -0.350 e. The van der Waals surface area contributed by atoms with Crippen LogP contribution in [-0.2, 0) is 29.1 Å². The molecule has 0 saturated heterocycles. The third-order valence-electron chi connectivity index (χ3n) is 5.77. The summed E-state index contributed by atoms with van der Waals surface area (Å²) in [6.07, 6.45) is 0.198. The lowest BCUT2D eigenvalue weighted by molar-refractivity contribution is -0.141. The molecule has 0 bridgehead atoms. The maximum atomic E-state index is 13.7. The average Bonchev–Trinajstić information content (AvgIpc) is 2.90. The Morgan fingerprint density at radius 2 is 1.23 bits per heavy atom. The minimum absolute atomic E-state index is 0.130. The van der Waals surface area contributed by atoms with Crippen LogP contribution < -0.4 is 5.32 Å². The van der Waals surface area contributed by atoms with Gasteiger partial charge in [-0.2, -0.15) is 0 Å². The van der Waals surface area contributed by atoms with Crippen LogP contribution in [0.3, 0.4) is 0 Å². The summed E-state index contributed by atoms with van der Waals surface area (Å²) in [5.74, 6) is -0.356. The summed E-state index contributed by atoms with van der Waals surface area (Å²) in [6.45, 7) is 0.659. The zero-order valence-corrected chi connectivity index (χ0v) is 20.1. The quantitative estimate of drug-likeness (QED) is 0.319. The van der Waals surface area contributed by atoms with E-state index in [0.29, 0.717) is 11.6 Å². The number of carbonyl (C=O) groups is 2. The van der Waals surface area contributed by atoms with Crippen molar-refractivity contribution in [3.05, 3.63) is 143 Å². The van der Waals surface area contributed by atoms with Crippen molar-refractivity contribution < 1.29 is 9.59 Å². The highest BCUT2D eigenvalue weighted by Crippen LogP contribution is 2.25. The number of nitrogens with zero attached hydrogens (tertiary/aromatic N) is 1. The van der Waals surface area contributed by atoms with E-state index >= 15 is 0 Å². The Bertz CT molecular complexity index is 1230. The van der Waals surface area contributed by atoms with E-state index in [-0.39, 0.29) is 24.8 Å². The first kappa shape index (κ1) is 24.2. The number of rotatable bonds is 9. The second-order valence-electron chi connectivity index (χ2n) is 8.33. The van der Waals surface area contributed by atoms with E-state index in [2.05, 4.69) is 5.32 Å². The van der Waals surface area contributed by atoms with Gasteiger partial charge in [0.05, 0.1) is 6.42 Å². The largest absolute Gasteiger partial charge is 0.350 e. The highest BCUT2D eigenvalue weighted by molar-refractivity contribution is 6.30.